The first-order chi connectivity index (χ1) is 9.40. The molecule has 0 fully saturated rings. The first-order valence-electron chi connectivity index (χ1n) is 6.22. The molecule has 6 heteroatoms. The van der Waals surface area contributed by atoms with Crippen LogP contribution in [0.25, 0.3) is 10.9 Å². The van der Waals surface area contributed by atoms with E-state index in [-0.39, 0.29) is 0 Å². The van der Waals surface area contributed by atoms with Crippen molar-refractivity contribution in [3.63, 3.8) is 0 Å². The number of anilines is 1. The van der Waals surface area contributed by atoms with Gasteiger partial charge in [-0.2, -0.15) is 13.2 Å². The zero-order valence-corrected chi connectivity index (χ0v) is 11.3. The number of nitrogens with one attached hydrogen (secondary N) is 1. The predicted octanol–water partition coefficient (Wildman–Crippen LogP) is 2.95. The van der Waals surface area contributed by atoms with Crippen molar-refractivity contribution in [3.8, 4) is 0 Å². The van der Waals surface area contributed by atoms with Crippen molar-refractivity contribution < 1.29 is 13.2 Å². The highest BCUT2D eigenvalue weighted by atomic mass is 19.4. The molecule has 1 N–H and O–H groups in total. The molecule has 2 aromatic rings. The monoisotopic (exact) mass is 283 g/mol. The highest BCUT2D eigenvalue weighted by Gasteiger charge is 2.30. The highest BCUT2D eigenvalue weighted by Crippen LogP contribution is 2.28. The second-order valence-corrected chi connectivity index (χ2v) is 4.65. The van der Waals surface area contributed by atoms with Crippen LogP contribution in [0.3, 0.4) is 0 Å². The third-order valence-corrected chi connectivity index (χ3v) is 2.93. The smallest absolute Gasteiger partial charge is 0.365 e. The molecule has 0 aliphatic rings. The van der Waals surface area contributed by atoms with Crippen LogP contribution in [0.5, 0.6) is 0 Å². The summed E-state index contributed by atoms with van der Waals surface area (Å²) >= 11 is 0. The lowest BCUT2D eigenvalue weighted by molar-refractivity contribution is -0.119. The summed E-state index contributed by atoms with van der Waals surface area (Å²) in [6.07, 6.45) is -4.23. The lowest BCUT2D eigenvalue weighted by Crippen LogP contribution is -2.31. The van der Waals surface area contributed by atoms with Gasteiger partial charge in [-0.3, -0.25) is 4.98 Å². The maximum Gasteiger partial charge on any atom is 0.405 e. The number of hydrogen-bond acceptors (Lipinski definition) is 3. The number of hydrogen-bond donors (Lipinski definition) is 1. The second-order valence-electron chi connectivity index (χ2n) is 4.65. The van der Waals surface area contributed by atoms with Gasteiger partial charge in [0.25, 0.3) is 0 Å². The van der Waals surface area contributed by atoms with Gasteiger partial charge in [0.15, 0.2) is 0 Å². The zero-order chi connectivity index (χ0) is 14.8. The quantitative estimate of drug-likeness (QED) is 0.935. The maximum absolute atomic E-state index is 12.6. The fourth-order valence-electron chi connectivity index (χ4n) is 2.15. The zero-order valence-electron chi connectivity index (χ0n) is 11.3. The predicted molar refractivity (Wildman–Crippen MR) is 73.8 cm³/mol. The summed E-state index contributed by atoms with van der Waals surface area (Å²) in [4.78, 5) is 5.65. The molecule has 0 aliphatic heterocycles. The molecule has 0 atom stereocenters. The van der Waals surface area contributed by atoms with Gasteiger partial charge in [0.2, 0.25) is 0 Å². The Morgan fingerprint density at radius 1 is 1.25 bits per heavy atom. The van der Waals surface area contributed by atoms with Crippen molar-refractivity contribution in [2.24, 2.45) is 0 Å². The molecule has 0 aliphatic carbocycles. The summed E-state index contributed by atoms with van der Waals surface area (Å²) in [5.74, 6) is 0. The standard InChI is InChI=1S/C14H16F3N3/c1-18-8-10-7-13(20(2)9-14(15,16)17)11-5-3-4-6-12(11)19-10/h3-7,18H,8-9H2,1-2H3. The number of pyridine rings is 1. The molecule has 3 nitrogen and oxygen atoms in total. The fraction of sp³-hybridized carbons (Fsp3) is 0.357. The topological polar surface area (TPSA) is 28.2 Å². The first kappa shape index (κ1) is 14.6. The normalized spacial score (nSPS) is 11.8. The van der Waals surface area contributed by atoms with E-state index in [1.807, 2.05) is 6.07 Å². The minimum atomic E-state index is -4.23. The van der Waals surface area contributed by atoms with Crippen LogP contribution >= 0.6 is 0 Å². The Hall–Kier alpha value is -1.82. The molecule has 0 amide bonds. The SMILES string of the molecule is CNCc1cc(N(C)CC(F)(F)F)c2ccccc2n1. The summed E-state index contributed by atoms with van der Waals surface area (Å²) in [6, 6.07) is 8.91. The van der Waals surface area contributed by atoms with Crippen LogP contribution in [0.4, 0.5) is 18.9 Å². The number of rotatable bonds is 4. The van der Waals surface area contributed by atoms with Crippen molar-refractivity contribution >= 4 is 16.6 Å². The van der Waals surface area contributed by atoms with Crippen molar-refractivity contribution in [2.45, 2.75) is 12.7 Å². The number of nitrogens with zero attached hydrogens (tertiary/aromatic N) is 2. The summed E-state index contributed by atoms with van der Waals surface area (Å²) in [5, 5.41) is 3.68. The van der Waals surface area contributed by atoms with E-state index in [0.717, 1.165) is 11.1 Å². The van der Waals surface area contributed by atoms with Gasteiger partial charge < -0.3 is 10.2 Å². The van der Waals surface area contributed by atoms with E-state index < -0.39 is 12.7 Å². The van der Waals surface area contributed by atoms with Crippen LogP contribution < -0.4 is 10.2 Å². The first-order valence-corrected chi connectivity index (χ1v) is 6.22. The van der Waals surface area contributed by atoms with Gasteiger partial charge in [0.05, 0.1) is 11.2 Å². The van der Waals surface area contributed by atoms with Crippen molar-refractivity contribution in [3.05, 3.63) is 36.0 Å². The van der Waals surface area contributed by atoms with Crippen molar-refractivity contribution in [2.75, 3.05) is 25.5 Å². The van der Waals surface area contributed by atoms with E-state index in [9.17, 15) is 13.2 Å². The van der Waals surface area contributed by atoms with Crippen LogP contribution in [0.15, 0.2) is 30.3 Å². The Kier molecular flexibility index (Phi) is 4.13. The van der Waals surface area contributed by atoms with Crippen molar-refractivity contribution in [1.82, 2.24) is 10.3 Å². The van der Waals surface area contributed by atoms with Gasteiger partial charge >= 0.3 is 6.18 Å². The van der Waals surface area contributed by atoms with E-state index in [1.54, 1.807) is 31.3 Å². The average molecular weight is 283 g/mol. The molecule has 0 bridgehead atoms. The van der Waals surface area contributed by atoms with Gasteiger partial charge in [-0.1, -0.05) is 18.2 Å². The minimum Gasteiger partial charge on any atom is -0.365 e. The Morgan fingerprint density at radius 3 is 2.60 bits per heavy atom. The Balaban J connectivity index is 2.49. The maximum atomic E-state index is 12.6. The molecular formula is C14H16F3N3. The van der Waals surface area contributed by atoms with Gasteiger partial charge in [-0.15, -0.1) is 0 Å². The highest BCUT2D eigenvalue weighted by molar-refractivity contribution is 5.91. The molecule has 0 unspecified atom stereocenters. The van der Waals surface area contributed by atoms with Gasteiger partial charge in [-0.05, 0) is 19.2 Å². The third kappa shape index (κ3) is 3.39. The van der Waals surface area contributed by atoms with E-state index in [2.05, 4.69) is 10.3 Å². The van der Waals surface area contributed by atoms with Gasteiger partial charge in [0, 0.05) is 24.7 Å². The largest absolute Gasteiger partial charge is 0.405 e. The van der Waals surface area contributed by atoms with E-state index in [1.165, 1.54) is 11.9 Å². The molecule has 108 valence electrons. The molecule has 20 heavy (non-hydrogen) atoms. The molecule has 1 heterocycles. The lowest BCUT2D eigenvalue weighted by atomic mass is 10.1. The summed E-state index contributed by atoms with van der Waals surface area (Å²) in [7, 11) is 3.22. The molecule has 1 aromatic carbocycles. The number of para-hydroxylation sites is 1. The number of benzene rings is 1. The summed E-state index contributed by atoms with van der Waals surface area (Å²) in [5.41, 5.74) is 1.96. The number of fused-ring (bicyclic) bond motifs is 1. The molecule has 1 aromatic heterocycles. The van der Waals surface area contributed by atoms with Gasteiger partial charge in [-0.25, -0.2) is 0 Å². The Bertz CT molecular complexity index is 596. The van der Waals surface area contributed by atoms with E-state index in [4.69, 9.17) is 0 Å². The van der Waals surface area contributed by atoms with Crippen LogP contribution in [0, 0.1) is 0 Å². The van der Waals surface area contributed by atoms with Crippen LogP contribution in [-0.4, -0.2) is 31.8 Å². The minimum absolute atomic E-state index is 0.512. The van der Waals surface area contributed by atoms with Gasteiger partial charge in [0.1, 0.15) is 6.54 Å². The van der Waals surface area contributed by atoms with Crippen LogP contribution in [-0.2, 0) is 6.54 Å². The lowest BCUT2D eigenvalue weighted by Gasteiger charge is -2.23. The molecule has 0 saturated heterocycles. The van der Waals surface area contributed by atoms with Crippen LogP contribution in [0.2, 0.25) is 0 Å². The molecule has 2 rings (SSSR count). The fourth-order valence-corrected chi connectivity index (χ4v) is 2.15. The summed E-state index contributed by atoms with van der Waals surface area (Å²) in [6.45, 7) is -0.475. The van der Waals surface area contributed by atoms with E-state index in [0.29, 0.717) is 17.7 Å². The van der Waals surface area contributed by atoms with E-state index >= 15 is 0 Å². The number of alkyl halides is 3. The molecule has 0 saturated carbocycles. The second kappa shape index (κ2) is 5.66. The number of aromatic nitrogens is 1. The van der Waals surface area contributed by atoms with Crippen LogP contribution in [0.1, 0.15) is 5.69 Å². The molecule has 0 spiro atoms. The Labute approximate surface area is 115 Å². The third-order valence-electron chi connectivity index (χ3n) is 2.93. The van der Waals surface area contributed by atoms with Crippen molar-refractivity contribution in [1.29, 1.82) is 0 Å². The molecular weight excluding hydrogens is 267 g/mol. The Morgan fingerprint density at radius 2 is 1.95 bits per heavy atom. The molecule has 0 radical (unpaired) electrons. The summed E-state index contributed by atoms with van der Waals surface area (Å²) < 4.78 is 37.7. The average Bonchev–Trinajstić information content (AvgIpc) is 2.36. The number of halogens is 3.